The number of aliphatic hydroxyl groups excluding tert-OH is 2. The van der Waals surface area contributed by atoms with E-state index in [1.165, 1.54) is 32.1 Å². The Bertz CT molecular complexity index is 130. The summed E-state index contributed by atoms with van der Waals surface area (Å²) in [6, 6.07) is 0. The molecule has 0 atom stereocenters. The average molecular weight is 186 g/mol. The molecule has 0 saturated carbocycles. The molecular formula is C11H22O2. The first-order valence-corrected chi connectivity index (χ1v) is 5.33. The van der Waals surface area contributed by atoms with Crippen molar-refractivity contribution in [1.29, 1.82) is 0 Å². The first-order valence-electron chi connectivity index (χ1n) is 5.33. The molecule has 0 aliphatic carbocycles. The number of rotatable bonds is 8. The maximum atomic E-state index is 8.91. The van der Waals surface area contributed by atoms with Crippen LogP contribution in [0.4, 0.5) is 0 Å². The summed E-state index contributed by atoms with van der Waals surface area (Å²) in [4.78, 5) is 0. The smallest absolute Gasteiger partial charge is 0.126 e. The predicted molar refractivity (Wildman–Crippen MR) is 56.0 cm³/mol. The third-order valence-electron chi connectivity index (χ3n) is 2.19. The van der Waals surface area contributed by atoms with Crippen molar-refractivity contribution in [3.8, 4) is 0 Å². The summed E-state index contributed by atoms with van der Waals surface area (Å²) in [7, 11) is 0. The van der Waals surface area contributed by atoms with Gasteiger partial charge in [0.2, 0.25) is 0 Å². The molecule has 2 nitrogen and oxygen atoms in total. The molecule has 0 aliphatic rings. The fraction of sp³-hybridized carbons (Fsp3) is 0.818. The molecule has 0 unspecified atom stereocenters. The zero-order chi connectivity index (χ0) is 9.94. The van der Waals surface area contributed by atoms with E-state index in [2.05, 4.69) is 6.92 Å². The van der Waals surface area contributed by atoms with Gasteiger partial charge in [-0.1, -0.05) is 45.4 Å². The Labute approximate surface area is 81.3 Å². The van der Waals surface area contributed by atoms with Gasteiger partial charge in [-0.05, 0) is 6.42 Å². The molecule has 0 aromatic carbocycles. The van der Waals surface area contributed by atoms with Crippen LogP contribution in [0.15, 0.2) is 12.0 Å². The van der Waals surface area contributed by atoms with E-state index in [0.29, 0.717) is 6.42 Å². The highest BCUT2D eigenvalue weighted by Gasteiger charge is 1.93. The monoisotopic (exact) mass is 186 g/mol. The Morgan fingerprint density at radius 3 is 2.08 bits per heavy atom. The number of allylic oxidation sites excluding steroid dienone is 1. The van der Waals surface area contributed by atoms with Gasteiger partial charge in [0.1, 0.15) is 12.0 Å². The van der Waals surface area contributed by atoms with Gasteiger partial charge in [-0.25, -0.2) is 0 Å². The fourth-order valence-electron chi connectivity index (χ4n) is 1.33. The molecule has 0 rings (SSSR count). The van der Waals surface area contributed by atoms with Crippen molar-refractivity contribution < 1.29 is 10.2 Å². The Morgan fingerprint density at radius 2 is 1.54 bits per heavy atom. The van der Waals surface area contributed by atoms with Gasteiger partial charge in [-0.2, -0.15) is 0 Å². The van der Waals surface area contributed by atoms with Gasteiger partial charge in [0, 0.05) is 6.42 Å². The zero-order valence-electron chi connectivity index (χ0n) is 8.63. The molecule has 0 saturated heterocycles. The van der Waals surface area contributed by atoms with Gasteiger partial charge in [-0.3, -0.25) is 0 Å². The number of hydrogen-bond donors (Lipinski definition) is 2. The van der Waals surface area contributed by atoms with Crippen LogP contribution in [-0.4, -0.2) is 10.2 Å². The van der Waals surface area contributed by atoms with Crippen molar-refractivity contribution in [2.24, 2.45) is 0 Å². The number of aliphatic hydroxyl groups is 2. The molecule has 0 spiro atoms. The van der Waals surface area contributed by atoms with E-state index in [9.17, 15) is 0 Å². The van der Waals surface area contributed by atoms with Gasteiger partial charge in [0.25, 0.3) is 0 Å². The molecule has 2 N–H and O–H groups in total. The summed E-state index contributed by atoms with van der Waals surface area (Å²) in [6.45, 7) is 2.21. The second kappa shape index (κ2) is 9.43. The first-order chi connectivity index (χ1) is 6.31. The second-order valence-corrected chi connectivity index (χ2v) is 3.49. The summed E-state index contributed by atoms with van der Waals surface area (Å²) < 4.78 is 0. The van der Waals surface area contributed by atoms with E-state index < -0.39 is 0 Å². The van der Waals surface area contributed by atoms with Crippen molar-refractivity contribution in [3.63, 3.8) is 0 Å². The Morgan fingerprint density at radius 1 is 1.00 bits per heavy atom. The van der Waals surface area contributed by atoms with Crippen molar-refractivity contribution >= 4 is 0 Å². The Balaban J connectivity index is 3.00. The second-order valence-electron chi connectivity index (χ2n) is 3.49. The van der Waals surface area contributed by atoms with Gasteiger partial charge in [0.15, 0.2) is 0 Å². The van der Waals surface area contributed by atoms with Crippen molar-refractivity contribution in [2.45, 2.75) is 58.3 Å². The maximum Gasteiger partial charge on any atom is 0.126 e. The normalized spacial score (nSPS) is 11.9. The van der Waals surface area contributed by atoms with Crippen molar-refractivity contribution in [3.05, 3.63) is 12.0 Å². The minimum atomic E-state index is 0.105. The van der Waals surface area contributed by atoms with E-state index in [1.54, 1.807) is 0 Å². The van der Waals surface area contributed by atoms with Crippen LogP contribution < -0.4 is 0 Å². The number of unbranched alkanes of at least 4 members (excludes halogenated alkanes) is 6. The van der Waals surface area contributed by atoms with Crippen LogP contribution in [0.25, 0.3) is 0 Å². The lowest BCUT2D eigenvalue weighted by atomic mass is 10.1. The van der Waals surface area contributed by atoms with Gasteiger partial charge in [0.05, 0.1) is 0 Å². The molecule has 0 radical (unpaired) electrons. The van der Waals surface area contributed by atoms with Crippen LogP contribution in [0.5, 0.6) is 0 Å². The largest absolute Gasteiger partial charge is 0.512 e. The Kier molecular flexibility index (Phi) is 8.95. The summed E-state index contributed by atoms with van der Waals surface area (Å²) in [5, 5.41) is 17.3. The topological polar surface area (TPSA) is 40.5 Å². The van der Waals surface area contributed by atoms with E-state index in [1.807, 2.05) is 0 Å². The molecule has 78 valence electrons. The van der Waals surface area contributed by atoms with Crippen molar-refractivity contribution in [2.75, 3.05) is 0 Å². The molecule has 0 fully saturated rings. The molecule has 0 aromatic heterocycles. The van der Waals surface area contributed by atoms with Crippen molar-refractivity contribution in [1.82, 2.24) is 0 Å². The SMILES string of the molecule is CCCCCCCCCC(O)=CO. The minimum Gasteiger partial charge on any atom is -0.512 e. The lowest BCUT2D eigenvalue weighted by molar-refractivity contribution is 0.338. The van der Waals surface area contributed by atoms with Gasteiger partial charge in [-0.15, -0.1) is 0 Å². The minimum absolute atomic E-state index is 0.105. The first kappa shape index (κ1) is 12.3. The quantitative estimate of drug-likeness (QED) is 0.443. The summed E-state index contributed by atoms with van der Waals surface area (Å²) in [5.41, 5.74) is 0. The molecule has 0 amide bonds. The molecule has 0 heterocycles. The fourth-order valence-corrected chi connectivity index (χ4v) is 1.33. The molecular weight excluding hydrogens is 164 g/mol. The molecule has 2 heteroatoms. The lowest BCUT2D eigenvalue weighted by Gasteiger charge is -2.00. The predicted octanol–water partition coefficient (Wildman–Crippen LogP) is 4.08. The average Bonchev–Trinajstić information content (AvgIpc) is 2.16. The highest BCUT2D eigenvalue weighted by Crippen LogP contribution is 2.10. The van der Waals surface area contributed by atoms with E-state index >= 15 is 0 Å². The van der Waals surface area contributed by atoms with Crippen LogP contribution in [0, 0.1) is 0 Å². The van der Waals surface area contributed by atoms with E-state index in [4.69, 9.17) is 10.2 Å². The molecule has 0 bridgehead atoms. The van der Waals surface area contributed by atoms with Crippen LogP contribution in [0.2, 0.25) is 0 Å². The molecule has 0 aromatic rings. The van der Waals surface area contributed by atoms with Crippen LogP contribution in [0.1, 0.15) is 58.3 Å². The summed E-state index contributed by atoms with van der Waals surface area (Å²) in [5.74, 6) is 0.105. The van der Waals surface area contributed by atoms with Crippen LogP contribution in [0.3, 0.4) is 0 Å². The Hall–Kier alpha value is -0.660. The lowest BCUT2D eigenvalue weighted by Crippen LogP contribution is -1.83. The van der Waals surface area contributed by atoms with Gasteiger partial charge >= 0.3 is 0 Å². The van der Waals surface area contributed by atoms with Gasteiger partial charge < -0.3 is 10.2 Å². The van der Waals surface area contributed by atoms with E-state index in [-0.39, 0.29) is 5.76 Å². The molecule has 0 aliphatic heterocycles. The third kappa shape index (κ3) is 9.25. The summed E-state index contributed by atoms with van der Waals surface area (Å²) >= 11 is 0. The highest BCUT2D eigenvalue weighted by molar-refractivity contribution is 4.82. The third-order valence-corrected chi connectivity index (χ3v) is 2.19. The van der Waals surface area contributed by atoms with E-state index in [0.717, 1.165) is 19.1 Å². The summed E-state index contributed by atoms with van der Waals surface area (Å²) in [6.07, 6.45) is 10.0. The maximum absolute atomic E-state index is 8.91. The van der Waals surface area contributed by atoms with Crippen LogP contribution in [-0.2, 0) is 0 Å². The molecule has 13 heavy (non-hydrogen) atoms. The number of hydrogen-bond acceptors (Lipinski definition) is 2. The highest BCUT2D eigenvalue weighted by atomic mass is 16.3. The zero-order valence-corrected chi connectivity index (χ0v) is 8.63. The van der Waals surface area contributed by atoms with Crippen LogP contribution >= 0.6 is 0 Å². The standard InChI is InChI=1S/C11H22O2/c1-2-3-4-5-6-7-8-9-11(13)10-12/h10,12-13H,2-9H2,1H3.